The molecular weight excluding hydrogens is 502 g/mol. The minimum atomic E-state index is -1.18. The summed E-state index contributed by atoms with van der Waals surface area (Å²) in [6, 6.07) is 47.5. The lowest BCUT2D eigenvalue weighted by Gasteiger charge is -2.18. The molecule has 0 saturated heterocycles. The molecule has 0 radical (unpaired) electrons. The first-order chi connectivity index (χ1) is 18.8. The van der Waals surface area contributed by atoms with Gasteiger partial charge in [-0.3, -0.25) is 0 Å². The molecule has 0 aliphatic rings. The van der Waals surface area contributed by atoms with E-state index >= 15 is 0 Å². The second-order valence-corrected chi connectivity index (χ2v) is 13.2. The molecule has 1 aromatic heterocycles. The third-order valence-electron chi connectivity index (χ3n) is 7.07. The maximum absolute atomic E-state index is 6.77. The Morgan fingerprint density at radius 2 is 0.921 bits per heavy atom. The Morgan fingerprint density at radius 1 is 0.474 bits per heavy atom. The van der Waals surface area contributed by atoms with Crippen LogP contribution in [0.4, 0.5) is 0 Å². The third kappa shape index (κ3) is 4.31. The Kier molecular flexibility index (Phi) is 6.22. The average molecular weight is 529 g/mol. The topological polar surface area (TPSA) is 26.3 Å². The minimum Gasteiger partial charge on any atom is -0.419 e. The van der Waals surface area contributed by atoms with Crippen LogP contribution in [0.2, 0.25) is 0 Å². The summed E-state index contributed by atoms with van der Waals surface area (Å²) in [6.45, 7) is 0. The van der Waals surface area contributed by atoms with Crippen LogP contribution in [-0.2, 0) is 6.16 Å². The molecule has 0 atom stereocenters. The molecule has 0 spiro atoms. The predicted octanol–water partition coefficient (Wildman–Crippen LogP) is 9.73. The maximum atomic E-state index is 6.77. The Hall–Kier alpha value is -3.83. The van der Waals surface area contributed by atoms with Gasteiger partial charge in [-0.1, -0.05) is 121 Å². The summed E-state index contributed by atoms with van der Waals surface area (Å²) < 4.78 is 13.5. The molecule has 0 aliphatic heterocycles. The molecule has 7 aromatic rings. The van der Waals surface area contributed by atoms with Crippen molar-refractivity contribution in [1.29, 1.82) is 0 Å². The van der Waals surface area contributed by atoms with E-state index in [-0.39, 0.29) is 0 Å². The van der Waals surface area contributed by atoms with Crippen molar-refractivity contribution in [3.63, 3.8) is 0 Å². The van der Waals surface area contributed by atoms with Crippen LogP contribution in [0.1, 0.15) is 0 Å². The predicted molar refractivity (Wildman–Crippen MR) is 165 cm³/mol. The van der Waals surface area contributed by atoms with Crippen molar-refractivity contribution in [3.8, 4) is 0 Å². The lowest BCUT2D eigenvalue weighted by molar-refractivity contribution is 0.637. The van der Waals surface area contributed by atoms with Gasteiger partial charge in [0.25, 0.3) is 0 Å². The molecule has 0 aliphatic carbocycles. The normalized spacial score (nSPS) is 11.6. The van der Waals surface area contributed by atoms with Gasteiger partial charge in [0.2, 0.25) is 8.01 Å². The second kappa shape index (κ2) is 10.1. The second-order valence-electron chi connectivity index (χ2n) is 9.38. The van der Waals surface area contributed by atoms with Crippen LogP contribution in [0.3, 0.4) is 0 Å². The molecule has 0 N–H and O–H groups in total. The van der Waals surface area contributed by atoms with Gasteiger partial charge in [-0.15, -0.1) is 0 Å². The fourth-order valence-corrected chi connectivity index (χ4v) is 9.60. The molecule has 0 unspecified atom stereocenters. The van der Waals surface area contributed by atoms with E-state index in [1.54, 1.807) is 0 Å². The summed E-state index contributed by atoms with van der Waals surface area (Å²) in [5, 5.41) is 9.83. The summed E-state index contributed by atoms with van der Waals surface area (Å²) in [7, 11) is -1.70. The first-order valence-electron chi connectivity index (χ1n) is 12.9. The van der Waals surface area contributed by atoms with E-state index in [2.05, 4.69) is 133 Å². The fraction of sp³-hybridized carbons (Fsp3) is 0.0588. The summed E-state index contributed by atoms with van der Waals surface area (Å²) >= 11 is 0. The third-order valence-corrected chi connectivity index (χ3v) is 11.3. The smallest absolute Gasteiger partial charge is 0.216 e. The SMILES string of the molecule is c1ccc(P(CCp2oc3ccc4ccccc4c3c3c(ccc4ccccc43)o2)c2ccccc2)cc1. The van der Waals surface area contributed by atoms with Gasteiger partial charge in [-0.2, -0.15) is 0 Å². The number of aryl methyl sites for hydroxylation is 1. The van der Waals surface area contributed by atoms with E-state index < -0.39 is 15.9 Å². The first-order valence-corrected chi connectivity index (χ1v) is 15.8. The van der Waals surface area contributed by atoms with Crippen molar-refractivity contribution in [2.24, 2.45) is 0 Å². The highest BCUT2D eigenvalue weighted by molar-refractivity contribution is 7.73. The Morgan fingerprint density at radius 3 is 1.42 bits per heavy atom. The maximum Gasteiger partial charge on any atom is 0.216 e. The number of benzene rings is 6. The highest BCUT2D eigenvalue weighted by Crippen LogP contribution is 2.44. The van der Waals surface area contributed by atoms with E-state index in [0.717, 1.165) is 34.3 Å². The molecule has 0 bridgehead atoms. The number of hydrogen-bond acceptors (Lipinski definition) is 2. The first kappa shape index (κ1) is 23.3. The van der Waals surface area contributed by atoms with Gasteiger partial charge in [-0.05, 0) is 58.4 Å². The van der Waals surface area contributed by atoms with Crippen molar-refractivity contribution >= 4 is 70.0 Å². The van der Waals surface area contributed by atoms with E-state index in [0.29, 0.717) is 0 Å². The summed E-state index contributed by atoms with van der Waals surface area (Å²) in [4.78, 5) is 0. The zero-order valence-electron chi connectivity index (χ0n) is 20.8. The molecule has 2 nitrogen and oxygen atoms in total. The number of rotatable bonds is 5. The van der Waals surface area contributed by atoms with Crippen molar-refractivity contribution in [2.75, 3.05) is 6.16 Å². The van der Waals surface area contributed by atoms with Gasteiger partial charge < -0.3 is 8.39 Å². The Labute approximate surface area is 223 Å². The zero-order valence-corrected chi connectivity index (χ0v) is 22.6. The summed E-state index contributed by atoms with van der Waals surface area (Å²) in [5.41, 5.74) is 1.82. The van der Waals surface area contributed by atoms with Crippen LogP contribution < -0.4 is 10.6 Å². The molecule has 4 heteroatoms. The molecule has 1 heterocycles. The van der Waals surface area contributed by atoms with Crippen LogP contribution in [-0.4, -0.2) is 6.16 Å². The van der Waals surface area contributed by atoms with Gasteiger partial charge >= 0.3 is 0 Å². The zero-order chi connectivity index (χ0) is 25.3. The van der Waals surface area contributed by atoms with E-state index in [1.165, 1.54) is 32.2 Å². The monoisotopic (exact) mass is 528 g/mol. The summed E-state index contributed by atoms with van der Waals surface area (Å²) in [6.07, 6.45) is 1.85. The largest absolute Gasteiger partial charge is 0.419 e. The van der Waals surface area contributed by atoms with Gasteiger partial charge in [0, 0.05) is 10.8 Å². The van der Waals surface area contributed by atoms with Crippen LogP contribution in [0.25, 0.3) is 43.5 Å². The molecule has 7 rings (SSSR count). The summed E-state index contributed by atoms with van der Waals surface area (Å²) in [5.74, 6) is 0. The van der Waals surface area contributed by atoms with E-state index in [4.69, 9.17) is 8.39 Å². The Bertz CT molecular complexity index is 1790. The van der Waals surface area contributed by atoms with Crippen molar-refractivity contribution in [3.05, 3.63) is 133 Å². The quantitative estimate of drug-likeness (QED) is 0.208. The average Bonchev–Trinajstić information content (AvgIpc) is 3.15. The van der Waals surface area contributed by atoms with Crippen LogP contribution in [0.5, 0.6) is 0 Å². The fourth-order valence-electron chi connectivity index (χ4n) is 5.31. The molecular formula is C34H26O2P2. The molecule has 0 amide bonds. The van der Waals surface area contributed by atoms with Crippen LogP contribution >= 0.6 is 15.9 Å². The van der Waals surface area contributed by atoms with E-state index in [9.17, 15) is 0 Å². The molecule has 0 saturated carbocycles. The minimum absolute atomic E-state index is 0.519. The molecule has 38 heavy (non-hydrogen) atoms. The van der Waals surface area contributed by atoms with Crippen molar-refractivity contribution in [1.82, 2.24) is 0 Å². The standard InChI is InChI=1S/C34H26O2P2/c1-3-13-27(14-4-1)37(28-15-5-2-6-16-28)23-24-38-35-31-21-19-25-11-7-9-17-29(25)33(31)34-30-18-10-8-12-26(30)20-22-32(34)36-38/h1-22H,23-24H2. The Balaban J connectivity index is 1.43. The van der Waals surface area contributed by atoms with Crippen molar-refractivity contribution in [2.45, 2.75) is 6.16 Å². The van der Waals surface area contributed by atoms with Crippen molar-refractivity contribution < 1.29 is 8.39 Å². The number of hydrogen-bond donors (Lipinski definition) is 0. The van der Waals surface area contributed by atoms with Gasteiger partial charge in [0.05, 0.1) is 6.16 Å². The van der Waals surface area contributed by atoms with Crippen LogP contribution in [0.15, 0.2) is 142 Å². The van der Waals surface area contributed by atoms with Crippen LogP contribution in [0, 0.1) is 0 Å². The highest BCUT2D eigenvalue weighted by Gasteiger charge is 2.17. The van der Waals surface area contributed by atoms with Gasteiger partial charge in [0.1, 0.15) is 11.2 Å². The number of fused-ring (bicyclic) bond motifs is 7. The van der Waals surface area contributed by atoms with E-state index in [1.807, 2.05) is 0 Å². The molecule has 0 fully saturated rings. The van der Waals surface area contributed by atoms with Gasteiger partial charge in [0.15, 0.2) is 0 Å². The lowest BCUT2D eigenvalue weighted by atomic mass is 9.99. The molecule has 184 valence electrons. The van der Waals surface area contributed by atoms with Gasteiger partial charge in [-0.25, -0.2) is 0 Å². The lowest BCUT2D eigenvalue weighted by Crippen LogP contribution is -2.13. The molecule has 6 aromatic carbocycles. The highest BCUT2D eigenvalue weighted by atomic mass is 31.1.